The van der Waals surface area contributed by atoms with E-state index in [-0.39, 0.29) is 11.3 Å². The van der Waals surface area contributed by atoms with Crippen molar-refractivity contribution in [3.8, 4) is 6.07 Å². The van der Waals surface area contributed by atoms with Crippen molar-refractivity contribution in [2.45, 2.75) is 51.0 Å². The summed E-state index contributed by atoms with van der Waals surface area (Å²) >= 11 is 1.36. The van der Waals surface area contributed by atoms with Gasteiger partial charge in [0.1, 0.15) is 21.5 Å². The molecule has 0 unspecified atom stereocenters. The maximum absolute atomic E-state index is 13.2. The highest BCUT2D eigenvalue weighted by atomic mass is 32.1. The van der Waals surface area contributed by atoms with Crippen LogP contribution < -0.4 is 4.90 Å². The smallest absolute Gasteiger partial charge is 0.194 e. The van der Waals surface area contributed by atoms with E-state index in [2.05, 4.69) is 22.9 Å². The maximum Gasteiger partial charge on any atom is 0.194 e. The summed E-state index contributed by atoms with van der Waals surface area (Å²) in [4.78, 5) is 27.9. The number of hydrogen-bond acceptors (Lipinski definition) is 7. The third kappa shape index (κ3) is 3.16. The summed E-state index contributed by atoms with van der Waals surface area (Å²) in [5.74, 6) is 0.0872. The van der Waals surface area contributed by atoms with E-state index in [1.807, 2.05) is 25.3 Å². The maximum atomic E-state index is 13.2. The highest BCUT2D eigenvalue weighted by Gasteiger charge is 2.35. The molecule has 0 aromatic carbocycles. The fraction of sp³-hybridized carbons (Fsp3) is 0.524. The molecule has 2 aromatic rings. The summed E-state index contributed by atoms with van der Waals surface area (Å²) in [5.41, 5.74) is 1.91. The zero-order valence-electron chi connectivity index (χ0n) is 16.7. The number of rotatable bonds is 2. The molecule has 0 spiro atoms. The number of anilines is 1. The molecule has 0 amide bonds. The monoisotopic (exact) mass is 395 g/mol. The van der Waals surface area contributed by atoms with Crippen molar-refractivity contribution in [1.29, 1.82) is 5.26 Å². The zero-order valence-corrected chi connectivity index (χ0v) is 17.5. The number of nitrogens with zero attached hydrogens (tertiary/aromatic N) is 5. The normalized spacial score (nSPS) is 19.1. The topological polar surface area (TPSA) is 72.6 Å². The second-order valence-corrected chi connectivity index (χ2v) is 9.20. The van der Waals surface area contributed by atoms with Crippen LogP contribution in [0.5, 0.6) is 0 Å². The molecule has 1 fully saturated rings. The first-order chi connectivity index (χ1) is 13.4. The van der Waals surface area contributed by atoms with E-state index in [0.29, 0.717) is 27.6 Å². The van der Waals surface area contributed by atoms with Gasteiger partial charge in [-0.15, -0.1) is 11.3 Å². The summed E-state index contributed by atoms with van der Waals surface area (Å²) in [5, 5.41) is 10.2. The Morgan fingerprint density at radius 1 is 1.25 bits per heavy atom. The molecule has 0 radical (unpaired) electrons. The average molecular weight is 396 g/mol. The van der Waals surface area contributed by atoms with Crippen LogP contribution in [0, 0.1) is 11.3 Å². The molecule has 0 N–H and O–H groups in total. The minimum absolute atomic E-state index is 0.0177. The van der Waals surface area contributed by atoms with E-state index in [0.717, 1.165) is 23.9 Å². The molecular weight excluding hydrogens is 370 g/mol. The second kappa shape index (κ2) is 7.17. The van der Waals surface area contributed by atoms with Gasteiger partial charge in [-0.2, -0.15) is 5.26 Å². The van der Waals surface area contributed by atoms with Crippen LogP contribution in [0.15, 0.2) is 11.1 Å². The molecule has 6 nitrogen and oxygen atoms in total. The molecule has 0 atom stereocenters. The molecule has 146 valence electrons. The predicted octanol–water partition coefficient (Wildman–Crippen LogP) is 4.50. The van der Waals surface area contributed by atoms with Crippen molar-refractivity contribution in [2.75, 3.05) is 25.5 Å². The summed E-state index contributed by atoms with van der Waals surface area (Å²) in [6, 6.07) is 3.89. The van der Waals surface area contributed by atoms with Crippen LogP contribution in [-0.4, -0.2) is 48.2 Å². The quantitative estimate of drug-likeness (QED) is 0.700. The largest absolute Gasteiger partial charge is 0.377 e. The van der Waals surface area contributed by atoms with Gasteiger partial charge >= 0.3 is 0 Å². The summed E-state index contributed by atoms with van der Waals surface area (Å²) in [6.45, 7) is 2.61. The molecule has 2 aromatic heterocycles. The number of carbonyl (C=O) groups excluding carboxylic acids is 1. The third-order valence-corrected chi connectivity index (χ3v) is 7.09. The van der Waals surface area contributed by atoms with Crippen LogP contribution in [0.25, 0.3) is 10.2 Å². The Bertz CT molecular complexity index is 992. The Morgan fingerprint density at radius 2 is 1.96 bits per heavy atom. The number of thiophene rings is 1. The number of pyridine rings is 1. The van der Waals surface area contributed by atoms with E-state index >= 15 is 0 Å². The van der Waals surface area contributed by atoms with Gasteiger partial charge in [0.15, 0.2) is 5.78 Å². The number of Topliss-reactive ketones (excluding diaryl/α,β-unsaturated/α-hetero) is 1. The van der Waals surface area contributed by atoms with Crippen molar-refractivity contribution >= 4 is 45.0 Å². The number of nitriles is 1. The molecule has 7 heteroatoms. The van der Waals surface area contributed by atoms with E-state index in [1.54, 1.807) is 6.07 Å². The lowest BCUT2D eigenvalue weighted by atomic mass is 9.90. The predicted molar refractivity (Wildman–Crippen MR) is 114 cm³/mol. The first-order valence-electron chi connectivity index (χ1n) is 9.82. The van der Waals surface area contributed by atoms with Gasteiger partial charge in [-0.05, 0) is 25.8 Å². The number of aromatic nitrogens is 1. The molecule has 1 saturated carbocycles. The minimum atomic E-state index is -0.0177. The number of aliphatic imine (C=N–C) groups is 1. The number of carbonyl (C=O) groups is 1. The Labute approximate surface area is 169 Å². The molecular formula is C21H25N5OS. The number of ketones is 1. The van der Waals surface area contributed by atoms with Gasteiger partial charge in [-0.1, -0.05) is 25.7 Å². The minimum Gasteiger partial charge on any atom is -0.377 e. The van der Waals surface area contributed by atoms with E-state index in [4.69, 9.17) is 4.99 Å². The Balaban J connectivity index is 1.82. The van der Waals surface area contributed by atoms with E-state index in [1.165, 1.54) is 37.0 Å². The Morgan fingerprint density at radius 3 is 2.61 bits per heavy atom. The van der Waals surface area contributed by atoms with Crippen molar-refractivity contribution in [3.63, 3.8) is 0 Å². The molecule has 0 saturated heterocycles. The van der Waals surface area contributed by atoms with Gasteiger partial charge < -0.3 is 9.80 Å². The highest BCUT2D eigenvalue weighted by Crippen LogP contribution is 2.44. The van der Waals surface area contributed by atoms with Crippen molar-refractivity contribution in [3.05, 3.63) is 16.6 Å². The standard InChI is InChI=1S/C21H25N5OS/c1-21(8-6-4-5-7-9-21)26-12-16(27)19-18(23-13-26)17-15(25(2)3)10-14(11-22)24-20(17)28-19/h10,13H,4-9,12H2,1-3H3. The van der Waals surface area contributed by atoms with Crippen LogP contribution in [0.4, 0.5) is 11.4 Å². The number of fused-ring (bicyclic) bond motifs is 3. The first kappa shape index (κ1) is 18.9. The van der Waals surface area contributed by atoms with Gasteiger partial charge in [-0.3, -0.25) is 4.79 Å². The van der Waals surface area contributed by atoms with Gasteiger partial charge in [-0.25, -0.2) is 9.98 Å². The summed E-state index contributed by atoms with van der Waals surface area (Å²) in [6.07, 6.45) is 9.00. The van der Waals surface area contributed by atoms with Crippen molar-refractivity contribution < 1.29 is 4.79 Å². The lowest BCUT2D eigenvalue weighted by Crippen LogP contribution is -2.47. The molecule has 1 aliphatic heterocycles. The van der Waals surface area contributed by atoms with E-state index < -0.39 is 0 Å². The van der Waals surface area contributed by atoms with Gasteiger partial charge in [0.25, 0.3) is 0 Å². The molecule has 2 aliphatic rings. The van der Waals surface area contributed by atoms with Gasteiger partial charge in [0, 0.05) is 19.6 Å². The van der Waals surface area contributed by atoms with Crippen LogP contribution in [0.2, 0.25) is 0 Å². The zero-order chi connectivity index (χ0) is 19.9. The van der Waals surface area contributed by atoms with Crippen molar-refractivity contribution in [2.24, 2.45) is 4.99 Å². The molecule has 4 rings (SSSR count). The first-order valence-corrected chi connectivity index (χ1v) is 10.6. The molecule has 28 heavy (non-hydrogen) atoms. The fourth-order valence-corrected chi connectivity index (χ4v) is 5.36. The molecule has 3 heterocycles. The molecule has 1 aliphatic carbocycles. The van der Waals surface area contributed by atoms with Crippen LogP contribution in [0.1, 0.15) is 60.8 Å². The van der Waals surface area contributed by atoms with Crippen LogP contribution in [0.3, 0.4) is 0 Å². The molecule has 0 bridgehead atoms. The highest BCUT2D eigenvalue weighted by molar-refractivity contribution is 7.21. The lowest BCUT2D eigenvalue weighted by molar-refractivity contribution is 0.0900. The number of hydrogen-bond donors (Lipinski definition) is 0. The Kier molecular flexibility index (Phi) is 4.84. The van der Waals surface area contributed by atoms with Crippen molar-refractivity contribution in [1.82, 2.24) is 9.88 Å². The Hall–Kier alpha value is -2.46. The van der Waals surface area contributed by atoms with Gasteiger partial charge in [0.2, 0.25) is 0 Å². The average Bonchev–Trinajstić information content (AvgIpc) is 2.79. The summed E-state index contributed by atoms with van der Waals surface area (Å²) in [7, 11) is 3.86. The van der Waals surface area contributed by atoms with Crippen LogP contribution in [-0.2, 0) is 0 Å². The third-order valence-electron chi connectivity index (χ3n) is 5.98. The second-order valence-electron chi connectivity index (χ2n) is 8.20. The van der Waals surface area contributed by atoms with Crippen LogP contribution >= 0.6 is 11.3 Å². The fourth-order valence-electron chi connectivity index (χ4n) is 4.29. The van der Waals surface area contributed by atoms with Gasteiger partial charge in [0.05, 0.1) is 29.6 Å². The van der Waals surface area contributed by atoms with E-state index in [9.17, 15) is 10.1 Å². The lowest BCUT2D eigenvalue weighted by Gasteiger charge is -2.39. The summed E-state index contributed by atoms with van der Waals surface area (Å²) < 4.78 is 0. The SMILES string of the molecule is CN(C)c1cc(C#N)nc2sc3c(c12)N=CN(C1(C)CCCCCC1)CC3=O.